The molecule has 0 aromatic heterocycles. The number of hydrogen-bond acceptors (Lipinski definition) is 0. The van der Waals surface area contributed by atoms with Crippen LogP contribution in [0.15, 0.2) is 54.6 Å². The first-order valence-corrected chi connectivity index (χ1v) is 10.7. The fourth-order valence-electron chi connectivity index (χ4n) is 3.45. The van der Waals surface area contributed by atoms with E-state index in [0.29, 0.717) is 12.1 Å². The van der Waals surface area contributed by atoms with Gasteiger partial charge in [0.15, 0.2) is 0 Å². The topological polar surface area (TPSA) is 0 Å². The highest BCUT2D eigenvalue weighted by molar-refractivity contribution is 5.66. The van der Waals surface area contributed by atoms with Crippen LogP contribution in [0.3, 0.4) is 0 Å². The molecular weight excluding hydrogens is 438 g/mol. The summed E-state index contributed by atoms with van der Waals surface area (Å²) in [6.45, 7) is 2.13. The Balaban J connectivity index is 1.76. The number of benzene rings is 3. The molecule has 0 aliphatic carbocycles. The van der Waals surface area contributed by atoms with Crippen molar-refractivity contribution < 1.29 is 26.3 Å². The van der Waals surface area contributed by atoms with Gasteiger partial charge in [-0.1, -0.05) is 56.2 Å². The van der Waals surface area contributed by atoms with Crippen LogP contribution in [0, 0.1) is 29.3 Å². The summed E-state index contributed by atoms with van der Waals surface area (Å²) in [5.74, 6) is 2.66. The average molecular weight is 460 g/mol. The average Bonchev–Trinajstić information content (AvgIpc) is 2.75. The van der Waals surface area contributed by atoms with E-state index < -0.39 is 29.2 Å². The molecule has 0 fully saturated rings. The van der Waals surface area contributed by atoms with Crippen molar-refractivity contribution in [2.45, 2.75) is 45.2 Å². The number of rotatable bonds is 6. The fraction of sp³-hybridized carbons (Fsp3) is 0.259. The molecule has 0 atom stereocenters. The van der Waals surface area contributed by atoms with E-state index in [2.05, 4.69) is 18.8 Å². The number of halogens is 6. The standard InChI is InChI=1S/C27H22F6/c1-2-3-4-5-6-18-7-10-20(24(28)15-18)11-8-19-9-13-22(25(29)16-19)21-12-14-23(26(30)17-21)27(31,32)33/h7,9-10,12-17H,2-6H2,1H3. The van der Waals surface area contributed by atoms with Gasteiger partial charge in [0.25, 0.3) is 0 Å². The van der Waals surface area contributed by atoms with E-state index in [1.54, 1.807) is 6.07 Å². The molecule has 0 N–H and O–H groups in total. The van der Waals surface area contributed by atoms with Gasteiger partial charge in [0.05, 0.1) is 11.1 Å². The van der Waals surface area contributed by atoms with E-state index in [1.807, 2.05) is 6.07 Å². The summed E-state index contributed by atoms with van der Waals surface area (Å²) in [7, 11) is 0. The second-order valence-corrected chi connectivity index (χ2v) is 7.76. The third-order valence-corrected chi connectivity index (χ3v) is 5.25. The lowest BCUT2D eigenvalue weighted by molar-refractivity contribution is -0.139. The molecule has 0 bridgehead atoms. The van der Waals surface area contributed by atoms with Crippen molar-refractivity contribution in [3.63, 3.8) is 0 Å². The van der Waals surface area contributed by atoms with Crippen LogP contribution in [0.25, 0.3) is 11.1 Å². The molecule has 0 spiro atoms. The molecule has 3 aromatic carbocycles. The van der Waals surface area contributed by atoms with Crippen LogP contribution in [0.5, 0.6) is 0 Å². The summed E-state index contributed by atoms with van der Waals surface area (Å²) in [4.78, 5) is 0. The minimum atomic E-state index is -4.83. The van der Waals surface area contributed by atoms with Gasteiger partial charge in [-0.15, -0.1) is 0 Å². The first-order valence-electron chi connectivity index (χ1n) is 10.7. The van der Waals surface area contributed by atoms with Crippen molar-refractivity contribution in [1.29, 1.82) is 0 Å². The van der Waals surface area contributed by atoms with Gasteiger partial charge in [-0.25, -0.2) is 13.2 Å². The minimum absolute atomic E-state index is 0.0296. The van der Waals surface area contributed by atoms with E-state index in [0.717, 1.165) is 49.8 Å². The highest BCUT2D eigenvalue weighted by atomic mass is 19.4. The van der Waals surface area contributed by atoms with Crippen LogP contribution in [-0.2, 0) is 12.6 Å². The van der Waals surface area contributed by atoms with Crippen LogP contribution in [-0.4, -0.2) is 0 Å². The second kappa shape index (κ2) is 10.6. The molecule has 6 heteroatoms. The molecule has 0 aliphatic heterocycles. The number of aryl methyl sites for hydroxylation is 1. The van der Waals surface area contributed by atoms with Gasteiger partial charge in [0.2, 0.25) is 0 Å². The number of hydrogen-bond donors (Lipinski definition) is 0. The van der Waals surface area contributed by atoms with Crippen molar-refractivity contribution in [2.75, 3.05) is 0 Å². The van der Waals surface area contributed by atoms with Crippen LogP contribution in [0.2, 0.25) is 0 Å². The normalized spacial score (nSPS) is 11.2. The molecule has 0 saturated carbocycles. The number of unbranched alkanes of at least 4 members (excludes halogenated alkanes) is 3. The second-order valence-electron chi connectivity index (χ2n) is 7.76. The zero-order valence-corrected chi connectivity index (χ0v) is 18.0. The summed E-state index contributed by atoms with van der Waals surface area (Å²) in [6, 6.07) is 10.9. The molecule has 0 saturated heterocycles. The zero-order chi connectivity index (χ0) is 24.0. The molecule has 0 radical (unpaired) electrons. The first kappa shape index (κ1) is 24.4. The minimum Gasteiger partial charge on any atom is -0.206 e. The van der Waals surface area contributed by atoms with Gasteiger partial charge in [0.1, 0.15) is 17.5 Å². The van der Waals surface area contributed by atoms with E-state index >= 15 is 0 Å². The van der Waals surface area contributed by atoms with Gasteiger partial charge in [-0.2, -0.15) is 13.2 Å². The SMILES string of the molecule is CCCCCCc1ccc(C#Cc2ccc(-c3ccc(C(F)(F)F)c(F)c3)c(F)c2)c(F)c1. The van der Waals surface area contributed by atoms with Gasteiger partial charge in [-0.05, 0) is 60.4 Å². The summed E-state index contributed by atoms with van der Waals surface area (Å²) < 4.78 is 80.9. The Morgan fingerprint density at radius 3 is 2.15 bits per heavy atom. The molecule has 0 nitrogen and oxygen atoms in total. The van der Waals surface area contributed by atoms with E-state index in [9.17, 15) is 26.3 Å². The van der Waals surface area contributed by atoms with E-state index in [-0.39, 0.29) is 22.3 Å². The molecule has 33 heavy (non-hydrogen) atoms. The van der Waals surface area contributed by atoms with Crippen molar-refractivity contribution >= 4 is 0 Å². The number of alkyl halides is 3. The van der Waals surface area contributed by atoms with Crippen LogP contribution in [0.4, 0.5) is 26.3 Å². The Labute approximate surface area is 189 Å². The maximum absolute atomic E-state index is 14.5. The zero-order valence-electron chi connectivity index (χ0n) is 18.0. The van der Waals surface area contributed by atoms with Crippen molar-refractivity contribution in [3.05, 3.63) is 94.3 Å². The fourth-order valence-corrected chi connectivity index (χ4v) is 3.45. The van der Waals surface area contributed by atoms with Gasteiger partial charge in [0, 0.05) is 11.1 Å². The third kappa shape index (κ3) is 6.41. The Kier molecular flexibility index (Phi) is 7.86. The van der Waals surface area contributed by atoms with Gasteiger partial charge < -0.3 is 0 Å². The summed E-state index contributed by atoms with van der Waals surface area (Å²) in [5, 5.41) is 0. The molecule has 3 rings (SSSR count). The van der Waals surface area contributed by atoms with Crippen molar-refractivity contribution in [2.24, 2.45) is 0 Å². The smallest absolute Gasteiger partial charge is 0.206 e. The molecule has 0 amide bonds. The summed E-state index contributed by atoms with van der Waals surface area (Å²) >= 11 is 0. The quantitative estimate of drug-likeness (QED) is 0.197. The van der Waals surface area contributed by atoms with Crippen LogP contribution < -0.4 is 0 Å². The Bertz CT molecular complexity index is 1180. The van der Waals surface area contributed by atoms with Crippen molar-refractivity contribution in [3.8, 4) is 23.0 Å². The van der Waals surface area contributed by atoms with Crippen LogP contribution in [0.1, 0.15) is 54.9 Å². The maximum Gasteiger partial charge on any atom is 0.419 e. The molecule has 172 valence electrons. The highest BCUT2D eigenvalue weighted by Crippen LogP contribution is 2.34. The molecule has 0 aliphatic rings. The first-order chi connectivity index (χ1) is 15.7. The molecule has 0 unspecified atom stereocenters. The lowest BCUT2D eigenvalue weighted by Gasteiger charge is -2.10. The van der Waals surface area contributed by atoms with E-state index in [1.165, 1.54) is 18.2 Å². The van der Waals surface area contributed by atoms with Crippen LogP contribution >= 0.6 is 0 Å². The predicted octanol–water partition coefficient (Wildman–Crippen LogP) is 8.31. The predicted molar refractivity (Wildman–Crippen MR) is 117 cm³/mol. The summed E-state index contributed by atoms with van der Waals surface area (Å²) in [6.07, 6.45) is 0.332. The lowest BCUT2D eigenvalue weighted by Crippen LogP contribution is -2.07. The Morgan fingerprint density at radius 1 is 0.727 bits per heavy atom. The maximum atomic E-state index is 14.5. The molecule has 3 aromatic rings. The molecule has 0 heterocycles. The van der Waals surface area contributed by atoms with Crippen molar-refractivity contribution in [1.82, 2.24) is 0 Å². The van der Waals surface area contributed by atoms with Gasteiger partial charge >= 0.3 is 6.18 Å². The lowest BCUT2D eigenvalue weighted by atomic mass is 10.0. The Hall–Kier alpha value is -3.20. The van der Waals surface area contributed by atoms with E-state index in [4.69, 9.17) is 0 Å². The molecular formula is C27H22F6. The largest absolute Gasteiger partial charge is 0.419 e. The third-order valence-electron chi connectivity index (χ3n) is 5.25. The highest BCUT2D eigenvalue weighted by Gasteiger charge is 2.34. The van der Waals surface area contributed by atoms with Gasteiger partial charge in [-0.3, -0.25) is 0 Å². The summed E-state index contributed by atoms with van der Waals surface area (Å²) in [5.41, 5.74) is -0.172. The monoisotopic (exact) mass is 460 g/mol. The Morgan fingerprint density at radius 2 is 1.52 bits per heavy atom.